The van der Waals surface area contributed by atoms with Gasteiger partial charge in [-0.15, -0.1) is 0 Å². The van der Waals surface area contributed by atoms with Crippen LogP contribution >= 0.6 is 0 Å². The number of carbonyl (C=O) groups is 2. The van der Waals surface area contributed by atoms with Gasteiger partial charge >= 0.3 is 6.09 Å². The summed E-state index contributed by atoms with van der Waals surface area (Å²) in [6, 6.07) is -0.465. The van der Waals surface area contributed by atoms with E-state index in [2.05, 4.69) is 10.1 Å². The Morgan fingerprint density at radius 3 is 2.06 bits per heavy atom. The molecular weight excluding hydrogens is 206 g/mol. The molecule has 1 N–H and O–H groups in total. The largest absolute Gasteiger partial charge is 0.453 e. The van der Waals surface area contributed by atoms with E-state index in [9.17, 15) is 9.59 Å². The Kier molecular flexibility index (Phi) is 5.48. The molecule has 1 amide bonds. The summed E-state index contributed by atoms with van der Waals surface area (Å²) in [5.74, 6) is 0.375. The summed E-state index contributed by atoms with van der Waals surface area (Å²) < 4.78 is 4.52. The molecule has 0 radical (unpaired) electrons. The van der Waals surface area contributed by atoms with E-state index in [0.29, 0.717) is 12.3 Å². The first kappa shape index (κ1) is 14.9. The van der Waals surface area contributed by atoms with Crippen molar-refractivity contribution in [2.75, 3.05) is 7.11 Å². The van der Waals surface area contributed by atoms with Crippen LogP contribution in [0.5, 0.6) is 0 Å². The molecule has 0 saturated heterocycles. The van der Waals surface area contributed by atoms with Crippen LogP contribution in [0.4, 0.5) is 4.79 Å². The maximum atomic E-state index is 12.1. The summed E-state index contributed by atoms with van der Waals surface area (Å²) >= 11 is 0. The fourth-order valence-electron chi connectivity index (χ4n) is 1.43. The van der Waals surface area contributed by atoms with E-state index in [1.54, 1.807) is 0 Å². The van der Waals surface area contributed by atoms with Gasteiger partial charge < -0.3 is 10.1 Å². The smallest absolute Gasteiger partial charge is 0.407 e. The minimum absolute atomic E-state index is 0.0339. The number of Topliss-reactive ketones (excluding diaryl/α,β-unsaturated/α-hetero) is 1. The Labute approximate surface area is 97.7 Å². The van der Waals surface area contributed by atoms with Gasteiger partial charge in [-0.2, -0.15) is 0 Å². The molecule has 4 heteroatoms. The first-order valence-corrected chi connectivity index (χ1v) is 5.57. The van der Waals surface area contributed by atoms with Crippen molar-refractivity contribution in [1.29, 1.82) is 0 Å². The Hall–Kier alpha value is -1.06. The Bertz CT molecular complexity index is 253. The number of methoxy groups -OCH3 is 1. The van der Waals surface area contributed by atoms with Crippen molar-refractivity contribution in [2.24, 2.45) is 11.3 Å². The van der Waals surface area contributed by atoms with E-state index in [4.69, 9.17) is 0 Å². The zero-order valence-corrected chi connectivity index (χ0v) is 11.1. The lowest BCUT2D eigenvalue weighted by atomic mass is 9.83. The van der Waals surface area contributed by atoms with Crippen LogP contribution in [0, 0.1) is 11.3 Å². The van der Waals surface area contributed by atoms with Crippen LogP contribution in [0.2, 0.25) is 0 Å². The molecule has 94 valence electrons. The van der Waals surface area contributed by atoms with Gasteiger partial charge in [0, 0.05) is 5.41 Å². The normalized spacial score (nSPS) is 13.4. The summed E-state index contributed by atoms with van der Waals surface area (Å²) in [4.78, 5) is 23.2. The average molecular weight is 229 g/mol. The van der Waals surface area contributed by atoms with Crippen molar-refractivity contribution in [3.05, 3.63) is 0 Å². The molecule has 0 aliphatic rings. The van der Waals surface area contributed by atoms with E-state index in [0.717, 1.165) is 0 Å². The number of hydrogen-bond acceptors (Lipinski definition) is 3. The van der Waals surface area contributed by atoms with Gasteiger partial charge in [-0.3, -0.25) is 4.79 Å². The predicted molar refractivity (Wildman–Crippen MR) is 63.2 cm³/mol. The van der Waals surface area contributed by atoms with Crippen molar-refractivity contribution in [1.82, 2.24) is 5.32 Å². The molecule has 0 spiro atoms. The molecule has 0 fully saturated rings. The Morgan fingerprint density at radius 1 is 1.25 bits per heavy atom. The quantitative estimate of drug-likeness (QED) is 0.805. The van der Waals surface area contributed by atoms with Crippen LogP contribution in [0.3, 0.4) is 0 Å². The molecule has 16 heavy (non-hydrogen) atoms. The third-order valence-corrected chi connectivity index (χ3v) is 2.24. The molecule has 0 aromatic heterocycles. The SMILES string of the molecule is COC(=O)N[C@@H](CC(C)C)C(=O)C(C)(C)C. The van der Waals surface area contributed by atoms with Crippen LogP contribution in [-0.4, -0.2) is 25.0 Å². The van der Waals surface area contributed by atoms with E-state index >= 15 is 0 Å². The fraction of sp³-hybridized carbons (Fsp3) is 0.833. The maximum Gasteiger partial charge on any atom is 0.407 e. The second-order valence-electron chi connectivity index (χ2n) is 5.43. The molecule has 0 saturated carbocycles. The number of ether oxygens (including phenoxy) is 1. The molecule has 0 heterocycles. The molecular formula is C12H23NO3. The monoisotopic (exact) mass is 229 g/mol. The van der Waals surface area contributed by atoms with E-state index in [-0.39, 0.29) is 5.78 Å². The molecule has 1 atom stereocenters. The maximum absolute atomic E-state index is 12.1. The summed E-state index contributed by atoms with van der Waals surface area (Å²) in [5.41, 5.74) is -0.458. The van der Waals surface area contributed by atoms with Crippen molar-refractivity contribution < 1.29 is 14.3 Å². The number of carbonyl (C=O) groups excluding carboxylic acids is 2. The molecule has 0 aromatic rings. The van der Waals surface area contributed by atoms with E-state index < -0.39 is 17.6 Å². The molecule has 0 aromatic carbocycles. The van der Waals surface area contributed by atoms with Crippen molar-refractivity contribution in [3.63, 3.8) is 0 Å². The van der Waals surface area contributed by atoms with Crippen LogP contribution in [-0.2, 0) is 9.53 Å². The van der Waals surface area contributed by atoms with Crippen molar-refractivity contribution >= 4 is 11.9 Å². The Balaban J connectivity index is 4.67. The summed E-state index contributed by atoms with van der Waals surface area (Å²) in [7, 11) is 1.29. The topological polar surface area (TPSA) is 55.4 Å². The van der Waals surface area contributed by atoms with Gasteiger partial charge in [-0.1, -0.05) is 34.6 Å². The van der Waals surface area contributed by atoms with Crippen molar-refractivity contribution in [2.45, 2.75) is 47.1 Å². The highest BCUT2D eigenvalue weighted by Gasteiger charge is 2.31. The number of hydrogen-bond donors (Lipinski definition) is 1. The molecule has 0 aliphatic heterocycles. The average Bonchev–Trinajstić information content (AvgIpc) is 2.13. The highest BCUT2D eigenvalue weighted by molar-refractivity contribution is 5.91. The first-order valence-electron chi connectivity index (χ1n) is 5.57. The lowest BCUT2D eigenvalue weighted by Gasteiger charge is -2.26. The van der Waals surface area contributed by atoms with E-state index in [1.165, 1.54) is 7.11 Å². The zero-order chi connectivity index (χ0) is 12.9. The molecule has 0 bridgehead atoms. The lowest BCUT2D eigenvalue weighted by Crippen LogP contribution is -2.46. The third kappa shape index (κ3) is 5.14. The molecule has 0 aliphatic carbocycles. The second-order valence-corrected chi connectivity index (χ2v) is 5.43. The highest BCUT2D eigenvalue weighted by Crippen LogP contribution is 2.20. The second kappa shape index (κ2) is 5.87. The fourth-order valence-corrected chi connectivity index (χ4v) is 1.43. The minimum Gasteiger partial charge on any atom is -0.453 e. The van der Waals surface area contributed by atoms with Crippen LogP contribution in [0.15, 0.2) is 0 Å². The van der Waals surface area contributed by atoms with Crippen LogP contribution < -0.4 is 5.32 Å². The number of ketones is 1. The van der Waals surface area contributed by atoms with Crippen molar-refractivity contribution in [3.8, 4) is 0 Å². The van der Waals surface area contributed by atoms with Crippen LogP contribution in [0.1, 0.15) is 41.0 Å². The van der Waals surface area contributed by atoms with Gasteiger partial charge in [0.2, 0.25) is 0 Å². The molecule has 4 nitrogen and oxygen atoms in total. The molecule has 0 rings (SSSR count). The Morgan fingerprint density at radius 2 is 1.75 bits per heavy atom. The zero-order valence-electron chi connectivity index (χ0n) is 11.1. The van der Waals surface area contributed by atoms with Gasteiger partial charge in [0.25, 0.3) is 0 Å². The van der Waals surface area contributed by atoms with Gasteiger partial charge in [-0.05, 0) is 12.3 Å². The standard InChI is InChI=1S/C12H23NO3/c1-8(2)7-9(13-11(15)16-6)10(14)12(3,4)5/h8-9H,7H2,1-6H3,(H,13,15)/t9-/m0/s1. The van der Waals surface area contributed by atoms with E-state index in [1.807, 2.05) is 34.6 Å². The van der Waals surface area contributed by atoms with Gasteiger partial charge in [0.15, 0.2) is 5.78 Å². The predicted octanol–water partition coefficient (Wildman–Crippen LogP) is 2.37. The summed E-state index contributed by atoms with van der Waals surface area (Å²) in [6.45, 7) is 9.58. The number of amides is 1. The van der Waals surface area contributed by atoms with Gasteiger partial charge in [-0.25, -0.2) is 4.79 Å². The number of nitrogens with one attached hydrogen (secondary N) is 1. The number of rotatable bonds is 4. The minimum atomic E-state index is -0.553. The summed E-state index contributed by atoms with van der Waals surface area (Å²) in [6.07, 6.45) is 0.0776. The van der Waals surface area contributed by atoms with Crippen LogP contribution in [0.25, 0.3) is 0 Å². The van der Waals surface area contributed by atoms with Gasteiger partial charge in [0.1, 0.15) is 0 Å². The lowest BCUT2D eigenvalue weighted by molar-refractivity contribution is -0.128. The van der Waals surface area contributed by atoms with Gasteiger partial charge in [0.05, 0.1) is 13.2 Å². The third-order valence-electron chi connectivity index (χ3n) is 2.24. The summed E-state index contributed by atoms with van der Waals surface area (Å²) in [5, 5.41) is 2.59. The molecule has 0 unspecified atom stereocenters. The number of alkyl carbamates (subject to hydrolysis) is 1. The highest BCUT2D eigenvalue weighted by atomic mass is 16.5. The first-order chi connectivity index (χ1) is 7.18.